The highest BCUT2D eigenvalue weighted by Gasteiger charge is 2.32. The highest BCUT2D eigenvalue weighted by Crippen LogP contribution is 2.27. The van der Waals surface area contributed by atoms with Crippen LogP contribution in [0.4, 0.5) is 0 Å². The molecule has 0 spiro atoms. The van der Waals surface area contributed by atoms with E-state index in [9.17, 15) is 4.79 Å². The number of rotatable bonds is 1. The third kappa shape index (κ3) is 2.92. The number of fused-ring (bicyclic) bond motifs is 1. The van der Waals surface area contributed by atoms with E-state index in [4.69, 9.17) is 0 Å². The second kappa shape index (κ2) is 5.92. The standard InChI is InChI=1S/C13H20N4O.ClH/c1-9-6-12(16-15-9)13(18)17-4-2-10-7-14-8-11(10)3-5-17;/h6,10-11,14H,2-5,7-8H2,1H3,(H,15,16);1H/t10-,11+;. The van der Waals surface area contributed by atoms with E-state index >= 15 is 0 Å². The van der Waals surface area contributed by atoms with Gasteiger partial charge in [0.05, 0.1) is 0 Å². The summed E-state index contributed by atoms with van der Waals surface area (Å²) in [6, 6.07) is 1.83. The highest BCUT2D eigenvalue weighted by atomic mass is 35.5. The third-order valence-corrected chi connectivity index (χ3v) is 4.23. The first kappa shape index (κ1) is 14.3. The van der Waals surface area contributed by atoms with Crippen molar-refractivity contribution in [3.63, 3.8) is 0 Å². The molecule has 0 radical (unpaired) electrons. The number of aryl methyl sites for hydroxylation is 1. The molecule has 1 aromatic rings. The van der Waals surface area contributed by atoms with Crippen molar-refractivity contribution in [2.24, 2.45) is 11.8 Å². The summed E-state index contributed by atoms with van der Waals surface area (Å²) in [5, 5.41) is 10.4. The molecule has 6 heteroatoms. The minimum atomic E-state index is 0. The maximum absolute atomic E-state index is 12.3. The van der Waals surface area contributed by atoms with Crippen molar-refractivity contribution < 1.29 is 4.79 Å². The van der Waals surface area contributed by atoms with E-state index in [-0.39, 0.29) is 18.3 Å². The molecule has 0 aromatic carbocycles. The molecule has 3 rings (SSSR count). The van der Waals surface area contributed by atoms with Crippen LogP contribution in [0.1, 0.15) is 29.0 Å². The monoisotopic (exact) mass is 284 g/mol. The molecule has 106 valence electrons. The minimum Gasteiger partial charge on any atom is -0.337 e. The number of nitrogens with zero attached hydrogens (tertiary/aromatic N) is 2. The van der Waals surface area contributed by atoms with E-state index in [0.717, 1.165) is 56.6 Å². The van der Waals surface area contributed by atoms with Gasteiger partial charge in [-0.25, -0.2) is 0 Å². The second-order valence-corrected chi connectivity index (χ2v) is 5.48. The molecule has 3 heterocycles. The van der Waals surface area contributed by atoms with Gasteiger partial charge < -0.3 is 10.2 Å². The van der Waals surface area contributed by atoms with Crippen LogP contribution in [-0.4, -0.2) is 47.2 Å². The van der Waals surface area contributed by atoms with Crippen LogP contribution in [0.15, 0.2) is 6.07 Å². The van der Waals surface area contributed by atoms with Crippen molar-refractivity contribution in [3.8, 4) is 0 Å². The van der Waals surface area contributed by atoms with Crippen LogP contribution in [0.2, 0.25) is 0 Å². The predicted octanol–water partition coefficient (Wildman–Crippen LogP) is 1.21. The molecular weight excluding hydrogens is 264 g/mol. The average Bonchev–Trinajstić information content (AvgIpc) is 2.94. The van der Waals surface area contributed by atoms with Crippen LogP contribution >= 0.6 is 12.4 Å². The number of amides is 1. The van der Waals surface area contributed by atoms with Crippen molar-refractivity contribution in [2.75, 3.05) is 26.2 Å². The Balaban J connectivity index is 0.00000133. The van der Waals surface area contributed by atoms with Gasteiger partial charge in [0.25, 0.3) is 5.91 Å². The number of H-pyrrole nitrogens is 1. The molecule has 0 bridgehead atoms. The summed E-state index contributed by atoms with van der Waals surface area (Å²) < 4.78 is 0. The summed E-state index contributed by atoms with van der Waals surface area (Å²) in [5.74, 6) is 1.58. The van der Waals surface area contributed by atoms with Gasteiger partial charge in [0.1, 0.15) is 5.69 Å². The summed E-state index contributed by atoms with van der Waals surface area (Å²) in [4.78, 5) is 14.3. The third-order valence-electron chi connectivity index (χ3n) is 4.23. The molecule has 2 atom stereocenters. The van der Waals surface area contributed by atoms with Crippen LogP contribution in [0.5, 0.6) is 0 Å². The summed E-state index contributed by atoms with van der Waals surface area (Å²) >= 11 is 0. The first-order valence-corrected chi connectivity index (χ1v) is 6.76. The number of aromatic nitrogens is 2. The van der Waals surface area contributed by atoms with Crippen LogP contribution < -0.4 is 5.32 Å². The summed E-state index contributed by atoms with van der Waals surface area (Å²) in [6.45, 7) is 5.89. The zero-order chi connectivity index (χ0) is 12.5. The van der Waals surface area contributed by atoms with Crippen molar-refractivity contribution in [1.29, 1.82) is 0 Å². The predicted molar refractivity (Wildman–Crippen MR) is 75.6 cm³/mol. The van der Waals surface area contributed by atoms with Gasteiger partial charge in [-0.1, -0.05) is 0 Å². The molecule has 0 saturated carbocycles. The number of carbonyl (C=O) groups excluding carboxylic acids is 1. The first-order valence-electron chi connectivity index (χ1n) is 6.76. The van der Waals surface area contributed by atoms with Crippen molar-refractivity contribution in [2.45, 2.75) is 19.8 Å². The Morgan fingerprint density at radius 3 is 2.47 bits per heavy atom. The summed E-state index contributed by atoms with van der Waals surface area (Å²) in [6.07, 6.45) is 2.24. The largest absolute Gasteiger partial charge is 0.337 e. The quantitative estimate of drug-likeness (QED) is 0.815. The van der Waals surface area contributed by atoms with Gasteiger partial charge >= 0.3 is 0 Å². The van der Waals surface area contributed by atoms with Gasteiger partial charge in [0.15, 0.2) is 0 Å². The molecular formula is C13H21ClN4O. The molecule has 2 aliphatic rings. The fourth-order valence-corrected chi connectivity index (χ4v) is 3.11. The number of nitrogens with one attached hydrogen (secondary N) is 2. The van der Waals surface area contributed by atoms with Gasteiger partial charge in [-0.3, -0.25) is 9.89 Å². The molecule has 1 amide bonds. The molecule has 2 aliphatic heterocycles. The van der Waals surface area contributed by atoms with E-state index < -0.39 is 0 Å². The zero-order valence-electron chi connectivity index (χ0n) is 11.2. The maximum atomic E-state index is 12.3. The Labute approximate surface area is 119 Å². The van der Waals surface area contributed by atoms with E-state index in [1.807, 2.05) is 17.9 Å². The maximum Gasteiger partial charge on any atom is 0.274 e. The molecule has 5 nitrogen and oxygen atoms in total. The molecule has 0 aliphatic carbocycles. The van der Waals surface area contributed by atoms with E-state index in [1.165, 1.54) is 0 Å². The Bertz CT molecular complexity index is 434. The van der Waals surface area contributed by atoms with Crippen LogP contribution in [0.25, 0.3) is 0 Å². The number of aromatic amines is 1. The summed E-state index contributed by atoms with van der Waals surface area (Å²) in [7, 11) is 0. The first-order chi connectivity index (χ1) is 8.74. The molecule has 2 saturated heterocycles. The summed E-state index contributed by atoms with van der Waals surface area (Å²) in [5.41, 5.74) is 1.49. The topological polar surface area (TPSA) is 61.0 Å². The van der Waals surface area contributed by atoms with Gasteiger partial charge in [-0.05, 0) is 50.8 Å². The normalized spacial score (nSPS) is 26.5. The van der Waals surface area contributed by atoms with E-state index in [2.05, 4.69) is 15.5 Å². The van der Waals surface area contributed by atoms with E-state index in [0.29, 0.717) is 5.69 Å². The minimum absolute atomic E-state index is 0. The van der Waals surface area contributed by atoms with Crippen LogP contribution in [-0.2, 0) is 0 Å². The molecule has 1 aromatic heterocycles. The fourth-order valence-electron chi connectivity index (χ4n) is 3.11. The zero-order valence-corrected chi connectivity index (χ0v) is 12.0. The van der Waals surface area contributed by atoms with Crippen LogP contribution in [0, 0.1) is 18.8 Å². The Morgan fingerprint density at radius 2 is 1.95 bits per heavy atom. The number of halogens is 1. The molecule has 2 N–H and O–H groups in total. The van der Waals surface area contributed by atoms with Gasteiger partial charge in [-0.2, -0.15) is 5.10 Å². The highest BCUT2D eigenvalue weighted by molar-refractivity contribution is 5.92. The van der Waals surface area contributed by atoms with Crippen molar-refractivity contribution >= 4 is 18.3 Å². The lowest BCUT2D eigenvalue weighted by atomic mass is 9.92. The van der Waals surface area contributed by atoms with Gasteiger partial charge in [0.2, 0.25) is 0 Å². The van der Waals surface area contributed by atoms with Crippen LogP contribution in [0.3, 0.4) is 0 Å². The number of hydrogen-bond donors (Lipinski definition) is 2. The smallest absolute Gasteiger partial charge is 0.274 e. The fraction of sp³-hybridized carbons (Fsp3) is 0.692. The van der Waals surface area contributed by atoms with Crippen molar-refractivity contribution in [1.82, 2.24) is 20.4 Å². The Hall–Kier alpha value is -1.07. The average molecular weight is 285 g/mol. The number of likely N-dealkylation sites (tertiary alicyclic amines) is 1. The second-order valence-electron chi connectivity index (χ2n) is 5.48. The number of hydrogen-bond acceptors (Lipinski definition) is 3. The van der Waals surface area contributed by atoms with Gasteiger partial charge in [-0.15, -0.1) is 12.4 Å². The molecule has 2 fully saturated rings. The van der Waals surface area contributed by atoms with Gasteiger partial charge in [0, 0.05) is 18.8 Å². The lowest BCUT2D eigenvalue weighted by Gasteiger charge is -2.19. The Kier molecular flexibility index (Phi) is 4.47. The number of carbonyl (C=O) groups is 1. The van der Waals surface area contributed by atoms with E-state index in [1.54, 1.807) is 0 Å². The lowest BCUT2D eigenvalue weighted by Crippen LogP contribution is -2.33. The molecule has 19 heavy (non-hydrogen) atoms. The Morgan fingerprint density at radius 1 is 1.32 bits per heavy atom. The SMILES string of the molecule is Cc1cc(C(=O)N2CC[C@@H]3CNC[C@@H]3CC2)n[nH]1.Cl. The lowest BCUT2D eigenvalue weighted by molar-refractivity contribution is 0.0752. The molecule has 0 unspecified atom stereocenters. The van der Waals surface area contributed by atoms with Crippen molar-refractivity contribution in [3.05, 3.63) is 17.5 Å².